The van der Waals surface area contributed by atoms with Crippen molar-refractivity contribution in [1.29, 1.82) is 0 Å². The Balaban J connectivity index is 0.00000220. The van der Waals surface area contributed by atoms with E-state index in [0.29, 0.717) is 24.2 Å². The monoisotopic (exact) mass is 419 g/mol. The smallest absolute Gasteiger partial charge is 0.124 e. The Labute approximate surface area is 154 Å². The number of phenols is 2. The van der Waals surface area contributed by atoms with Crippen molar-refractivity contribution < 1.29 is 10.2 Å². The van der Waals surface area contributed by atoms with Crippen LogP contribution in [0, 0.1) is 0 Å². The van der Waals surface area contributed by atoms with Gasteiger partial charge < -0.3 is 10.2 Å². The van der Waals surface area contributed by atoms with E-state index in [4.69, 9.17) is 0 Å². The number of hydrogen-bond donors (Lipinski definition) is 2. The maximum absolute atomic E-state index is 9.54. The van der Waals surface area contributed by atoms with E-state index in [1.54, 1.807) is 48.8 Å². The third-order valence-corrected chi connectivity index (χ3v) is 2.69. The molecule has 6 heteroatoms. The van der Waals surface area contributed by atoms with E-state index >= 15 is 0 Å². The van der Waals surface area contributed by atoms with E-state index < -0.39 is 0 Å². The molecule has 2 N–H and O–H groups in total. The molecule has 2 aromatic carbocycles. The maximum Gasteiger partial charge on any atom is 0.124 e. The first-order chi connectivity index (χ1) is 9.77. The summed E-state index contributed by atoms with van der Waals surface area (Å²) in [6.07, 6.45) is 3.26. The molecule has 0 amide bonds. The van der Waals surface area contributed by atoms with E-state index in [2.05, 4.69) is 9.98 Å². The molecule has 0 atom stereocenters. The van der Waals surface area contributed by atoms with Crippen molar-refractivity contribution >= 4 is 50.7 Å². The fourth-order valence-corrected chi connectivity index (χ4v) is 1.63. The molecule has 2 aromatic rings. The van der Waals surface area contributed by atoms with Crippen molar-refractivity contribution in [1.82, 2.24) is 0 Å². The molecule has 2 rings (SSSR count). The van der Waals surface area contributed by atoms with Crippen LogP contribution in [0.15, 0.2) is 58.5 Å². The van der Waals surface area contributed by atoms with Gasteiger partial charge >= 0.3 is 0 Å². The van der Waals surface area contributed by atoms with E-state index in [9.17, 15) is 10.2 Å². The molecule has 0 saturated heterocycles. The number of benzene rings is 2. The fraction of sp³-hybridized carbons (Fsp3) is 0.125. The minimum absolute atomic E-state index is 0. The normalized spacial score (nSPS) is 10.4. The van der Waals surface area contributed by atoms with Gasteiger partial charge in [0.25, 0.3) is 0 Å². The predicted molar refractivity (Wildman–Crippen MR) is 94.1 cm³/mol. The van der Waals surface area contributed by atoms with Crippen molar-refractivity contribution in [3.05, 3.63) is 59.7 Å². The van der Waals surface area contributed by atoms with Crippen LogP contribution in [-0.4, -0.2) is 61.6 Å². The number of hydrogen-bond acceptors (Lipinski definition) is 4. The van der Waals surface area contributed by atoms with Crippen molar-refractivity contribution in [2.75, 3.05) is 13.1 Å². The Morgan fingerprint density at radius 3 is 1.45 bits per heavy atom. The van der Waals surface area contributed by atoms with E-state index in [0.717, 1.165) is 0 Å². The zero-order valence-corrected chi connectivity index (χ0v) is 16.1. The first-order valence-electron chi connectivity index (χ1n) is 6.33. The second-order valence-corrected chi connectivity index (χ2v) is 4.19. The van der Waals surface area contributed by atoms with Crippen LogP contribution >= 0.6 is 12.4 Å². The minimum Gasteiger partial charge on any atom is -0.507 e. The van der Waals surface area contributed by atoms with Crippen LogP contribution in [0.25, 0.3) is 0 Å². The molecule has 0 aliphatic rings. The molecule has 0 heterocycles. The second kappa shape index (κ2) is 11.2. The van der Waals surface area contributed by atoms with Gasteiger partial charge in [-0.2, -0.15) is 0 Å². The number of rotatable bonds is 5. The van der Waals surface area contributed by atoms with Crippen LogP contribution in [0.3, 0.4) is 0 Å². The van der Waals surface area contributed by atoms with Crippen molar-refractivity contribution in [3.63, 3.8) is 0 Å². The Morgan fingerprint density at radius 1 is 0.727 bits per heavy atom. The van der Waals surface area contributed by atoms with E-state index in [1.807, 2.05) is 12.1 Å². The van der Waals surface area contributed by atoms with Gasteiger partial charge in [-0.05, 0) is 24.3 Å². The van der Waals surface area contributed by atoms with Crippen LogP contribution in [0.5, 0.6) is 11.5 Å². The van der Waals surface area contributed by atoms with Gasteiger partial charge in [0, 0.05) is 49.4 Å². The molecule has 0 saturated carbocycles. The quantitative estimate of drug-likeness (QED) is 0.578. The summed E-state index contributed by atoms with van der Waals surface area (Å²) in [5, 5.41) is 19.1. The van der Waals surface area contributed by atoms with E-state index in [1.165, 1.54) is 0 Å². The van der Waals surface area contributed by atoms with Gasteiger partial charge in [0.2, 0.25) is 0 Å². The molecule has 3 radical (unpaired) electrons. The Hall–Kier alpha value is -1.46. The summed E-state index contributed by atoms with van der Waals surface area (Å²) in [6.45, 7) is 1.05. The van der Waals surface area contributed by atoms with E-state index in [-0.39, 0.29) is 49.7 Å². The average molecular weight is 420 g/mol. The zero-order chi connectivity index (χ0) is 14.2. The fourth-order valence-electron chi connectivity index (χ4n) is 1.63. The molecule has 0 aromatic heterocycles. The Bertz CT molecular complexity index is 578. The molecule has 4 nitrogen and oxygen atoms in total. The van der Waals surface area contributed by atoms with Gasteiger partial charge in [0.05, 0.1) is 13.1 Å². The Morgan fingerprint density at radius 2 is 1.09 bits per heavy atom. The van der Waals surface area contributed by atoms with Crippen molar-refractivity contribution in [3.8, 4) is 11.5 Å². The molecular weight excluding hydrogens is 402 g/mol. The zero-order valence-electron chi connectivity index (χ0n) is 12.0. The van der Waals surface area contributed by atoms with Crippen LogP contribution in [-0.2, 0) is 0 Å². The summed E-state index contributed by atoms with van der Waals surface area (Å²) in [5.41, 5.74) is 1.38. The van der Waals surface area contributed by atoms with Crippen LogP contribution < -0.4 is 0 Å². The van der Waals surface area contributed by atoms with Gasteiger partial charge in [0.15, 0.2) is 0 Å². The molecule has 0 aliphatic carbocycles. The molecular formula is C16H17ClInN2O2. The average Bonchev–Trinajstić information content (AvgIpc) is 2.46. The summed E-state index contributed by atoms with van der Waals surface area (Å²) >= 11 is 0. The number of halogens is 1. The SMILES string of the molecule is Cl.Oc1ccccc1C=NCCN=Cc1ccccc1O.[In]. The van der Waals surface area contributed by atoms with Gasteiger partial charge in [-0.1, -0.05) is 24.3 Å². The topological polar surface area (TPSA) is 65.2 Å². The number of nitrogens with zero attached hydrogens (tertiary/aromatic N) is 2. The molecule has 0 spiro atoms. The molecule has 0 aliphatic heterocycles. The summed E-state index contributed by atoms with van der Waals surface area (Å²) in [7, 11) is 0. The number of phenolic OH excluding ortho intramolecular Hbond substituents is 2. The van der Waals surface area contributed by atoms with Gasteiger partial charge in [-0.3, -0.25) is 9.98 Å². The maximum atomic E-state index is 9.54. The van der Waals surface area contributed by atoms with Crippen molar-refractivity contribution in [2.45, 2.75) is 0 Å². The molecule has 0 unspecified atom stereocenters. The summed E-state index contributed by atoms with van der Waals surface area (Å²) in [4.78, 5) is 8.39. The van der Waals surface area contributed by atoms with Crippen molar-refractivity contribution in [2.24, 2.45) is 9.98 Å². The molecule has 22 heavy (non-hydrogen) atoms. The number of aliphatic imine (C=N–C) groups is 2. The van der Waals surface area contributed by atoms with Crippen LogP contribution in [0.4, 0.5) is 0 Å². The van der Waals surface area contributed by atoms with Crippen LogP contribution in [0.1, 0.15) is 11.1 Å². The van der Waals surface area contributed by atoms with Crippen LogP contribution in [0.2, 0.25) is 0 Å². The first kappa shape index (κ1) is 20.5. The molecule has 113 valence electrons. The molecule has 0 fully saturated rings. The third-order valence-electron chi connectivity index (χ3n) is 2.69. The number of para-hydroxylation sites is 2. The summed E-state index contributed by atoms with van der Waals surface area (Å²) < 4.78 is 0. The molecule has 0 bridgehead atoms. The summed E-state index contributed by atoms with van der Waals surface area (Å²) in [6, 6.07) is 14.1. The Kier molecular flexibility index (Phi) is 10.4. The third kappa shape index (κ3) is 6.54. The van der Waals surface area contributed by atoms with Gasteiger partial charge in [-0.15, -0.1) is 12.4 Å². The standard InChI is InChI=1S/C16H16N2O2.ClH.In/c19-15-7-3-1-5-13(15)11-17-9-10-18-12-14-6-2-4-8-16(14)20;;/h1-8,11-12,19-20H,9-10H2;1H;. The summed E-state index contributed by atoms with van der Waals surface area (Å²) in [5.74, 6) is 0.433. The van der Waals surface area contributed by atoms with Gasteiger partial charge in [0.1, 0.15) is 11.5 Å². The minimum atomic E-state index is 0. The van der Waals surface area contributed by atoms with Gasteiger partial charge in [-0.25, -0.2) is 0 Å². The largest absolute Gasteiger partial charge is 0.507 e. The number of aromatic hydroxyl groups is 2. The first-order valence-corrected chi connectivity index (χ1v) is 6.33. The predicted octanol–water partition coefficient (Wildman–Crippen LogP) is 2.68. The second-order valence-electron chi connectivity index (χ2n) is 4.19.